The fourth-order valence-electron chi connectivity index (χ4n) is 4.96. The summed E-state index contributed by atoms with van der Waals surface area (Å²) in [6.45, 7) is 4.30. The van der Waals surface area contributed by atoms with Crippen LogP contribution in [0.2, 0.25) is 0 Å². The van der Waals surface area contributed by atoms with E-state index in [0.29, 0.717) is 6.16 Å². The summed E-state index contributed by atoms with van der Waals surface area (Å²) in [5, 5.41) is 10.8. The molecule has 7 aromatic carbocycles. The first-order valence-electron chi connectivity index (χ1n) is 12.7. The van der Waals surface area contributed by atoms with E-state index in [9.17, 15) is 0 Å². The van der Waals surface area contributed by atoms with E-state index in [1.54, 1.807) is 23.3 Å². The molecule has 37 heavy (non-hydrogen) atoms. The molecule has 0 saturated carbocycles. The van der Waals surface area contributed by atoms with Crippen LogP contribution in [0.25, 0.3) is 43.1 Å². The molecule has 0 saturated heterocycles. The van der Waals surface area contributed by atoms with Crippen LogP contribution in [0.1, 0.15) is 16.7 Å². The summed E-state index contributed by atoms with van der Waals surface area (Å²) in [7, 11) is 0. The molecule has 0 amide bonds. The van der Waals surface area contributed by atoms with Crippen molar-refractivity contribution in [2.24, 2.45) is 0 Å². The van der Waals surface area contributed by atoms with Gasteiger partial charge < -0.3 is 0 Å². The van der Waals surface area contributed by atoms with Gasteiger partial charge in [0, 0.05) is 0 Å². The molecule has 0 unspecified atom stereocenters. The second-order valence-corrected chi connectivity index (χ2v) is 13.4. The predicted molar refractivity (Wildman–Crippen MR) is 161 cm³/mol. The third-order valence-corrected chi connectivity index (χ3v) is 8.88. The topological polar surface area (TPSA) is 0 Å². The van der Waals surface area contributed by atoms with Gasteiger partial charge in [0.1, 0.15) is 0 Å². The van der Waals surface area contributed by atoms with Crippen LogP contribution in [0.15, 0.2) is 127 Å². The molecule has 0 aliphatic carbocycles. The van der Waals surface area contributed by atoms with Crippen molar-refractivity contribution in [1.82, 2.24) is 0 Å². The van der Waals surface area contributed by atoms with Gasteiger partial charge in [0.25, 0.3) is 0 Å². The fourth-order valence-corrected chi connectivity index (χ4v) is 7.21. The van der Waals surface area contributed by atoms with E-state index in [2.05, 4.69) is 141 Å². The maximum atomic E-state index is 2.26. The Balaban J connectivity index is 0.000000117. The molecule has 0 aromatic heterocycles. The SMILES string of the molecule is Cc1cc2ccc3ccccc3c2[cH-]1.Cc1cc2ccc3ccccc3c2[cH-]1.[Zr+2]=[SiH]Cc1ccccc1. The summed E-state index contributed by atoms with van der Waals surface area (Å²) in [5.74, 6) is 0. The zero-order valence-electron chi connectivity index (χ0n) is 21.4. The third kappa shape index (κ3) is 6.09. The van der Waals surface area contributed by atoms with Gasteiger partial charge in [0.15, 0.2) is 0 Å². The fraction of sp³-hybridized carbons (Fsp3) is 0.0857. The molecular weight excluding hydrogens is 540 g/mol. The molecule has 7 rings (SSSR count). The van der Waals surface area contributed by atoms with Gasteiger partial charge in [-0.3, -0.25) is 0 Å². The Morgan fingerprint density at radius 2 is 0.973 bits per heavy atom. The van der Waals surface area contributed by atoms with Crippen molar-refractivity contribution in [2.75, 3.05) is 0 Å². The second kappa shape index (κ2) is 12.0. The summed E-state index contributed by atoms with van der Waals surface area (Å²) in [4.78, 5) is 0. The maximum absolute atomic E-state index is 2.26. The Bertz CT molecular complexity index is 1670. The predicted octanol–water partition coefficient (Wildman–Crippen LogP) is 9.13. The summed E-state index contributed by atoms with van der Waals surface area (Å²) in [5.41, 5.74) is 4.19. The number of rotatable bonds is 2. The minimum atomic E-state index is 0.715. The molecule has 0 fully saturated rings. The average molecular weight is 570 g/mol. The second-order valence-electron chi connectivity index (χ2n) is 9.54. The average Bonchev–Trinajstić information content (AvgIpc) is 3.51. The van der Waals surface area contributed by atoms with Crippen molar-refractivity contribution in [3.05, 3.63) is 144 Å². The first-order valence-corrected chi connectivity index (χ1v) is 18.4. The number of hydrogen-bond acceptors (Lipinski definition) is 0. The van der Waals surface area contributed by atoms with Gasteiger partial charge in [-0.25, -0.2) is 0 Å². The molecule has 0 aliphatic rings. The molecule has 0 N–H and O–H groups in total. The van der Waals surface area contributed by atoms with Gasteiger partial charge in [0.2, 0.25) is 0 Å². The van der Waals surface area contributed by atoms with E-state index >= 15 is 0 Å². The van der Waals surface area contributed by atoms with E-state index in [4.69, 9.17) is 0 Å². The van der Waals surface area contributed by atoms with Crippen molar-refractivity contribution >= 4 is 49.2 Å². The molecule has 0 spiro atoms. The monoisotopic (exact) mass is 568 g/mol. The number of aryl methyl sites for hydroxylation is 2. The van der Waals surface area contributed by atoms with Crippen LogP contribution in [0, 0.1) is 13.8 Å². The van der Waals surface area contributed by atoms with E-state index in [1.807, 2.05) is 0 Å². The van der Waals surface area contributed by atoms with Crippen molar-refractivity contribution in [3.8, 4) is 0 Å². The molecule has 7 aromatic rings. The molecular formula is C35H30SiZr. The van der Waals surface area contributed by atoms with Gasteiger partial charge in [-0.2, -0.15) is 12.1 Å². The van der Waals surface area contributed by atoms with E-state index < -0.39 is 0 Å². The zero-order chi connectivity index (χ0) is 25.6. The quantitative estimate of drug-likeness (QED) is 0.144. The van der Waals surface area contributed by atoms with Gasteiger partial charge in [-0.05, 0) is 0 Å². The summed E-state index contributed by atoms with van der Waals surface area (Å²) < 4.78 is 0. The number of hydrogen-bond donors (Lipinski definition) is 0. The zero-order valence-corrected chi connectivity index (χ0v) is 25.0. The molecule has 0 bridgehead atoms. The van der Waals surface area contributed by atoms with Crippen molar-refractivity contribution in [3.63, 3.8) is 0 Å². The Labute approximate surface area is 235 Å². The van der Waals surface area contributed by atoms with Crippen LogP contribution in [-0.4, -0.2) is 6.16 Å². The van der Waals surface area contributed by atoms with Crippen LogP contribution in [0.3, 0.4) is 0 Å². The molecule has 0 atom stereocenters. The Morgan fingerprint density at radius 1 is 0.541 bits per heavy atom. The van der Waals surface area contributed by atoms with Crippen LogP contribution in [-0.2, 0) is 29.4 Å². The van der Waals surface area contributed by atoms with Crippen molar-refractivity contribution < 1.29 is 23.3 Å². The number of fused-ring (bicyclic) bond motifs is 6. The van der Waals surface area contributed by atoms with Crippen LogP contribution >= 0.6 is 0 Å². The van der Waals surface area contributed by atoms with E-state index in [1.165, 1.54) is 65.8 Å². The molecule has 0 aliphatic heterocycles. The molecule has 0 nitrogen and oxygen atoms in total. The first-order chi connectivity index (χ1) is 18.1. The Morgan fingerprint density at radius 3 is 1.46 bits per heavy atom. The third-order valence-electron chi connectivity index (χ3n) is 6.70. The van der Waals surface area contributed by atoms with Crippen molar-refractivity contribution in [1.29, 1.82) is 0 Å². The Kier molecular flexibility index (Phi) is 8.29. The van der Waals surface area contributed by atoms with Crippen LogP contribution in [0.5, 0.6) is 0 Å². The van der Waals surface area contributed by atoms with Crippen molar-refractivity contribution in [2.45, 2.75) is 19.9 Å². The van der Waals surface area contributed by atoms with Gasteiger partial charge >= 0.3 is 71.4 Å². The van der Waals surface area contributed by atoms with Gasteiger partial charge in [-0.15, -0.1) is 56.9 Å². The summed E-state index contributed by atoms with van der Waals surface area (Å²) in [6, 6.07) is 46.9. The van der Waals surface area contributed by atoms with E-state index in [-0.39, 0.29) is 0 Å². The Hall–Kier alpha value is -3.06. The first kappa shape index (κ1) is 25.6. The van der Waals surface area contributed by atoms with Gasteiger partial charge in [0.05, 0.1) is 0 Å². The normalized spacial score (nSPS) is 10.7. The van der Waals surface area contributed by atoms with Crippen LogP contribution < -0.4 is 0 Å². The minimum absolute atomic E-state index is 0.715. The standard InChI is InChI=1S/2C14H11.C7H8Si.Zr/c2*1-10-8-12-7-6-11-4-2-3-5-13(11)14(12)9-10;8-6-7-4-2-1-3-5-7;/h2*2-9H,1H3;1-5,8H,6H2;/q2*-1;;+2. The molecule has 0 radical (unpaired) electrons. The summed E-state index contributed by atoms with van der Waals surface area (Å²) in [6.07, 6.45) is 0.715. The number of benzene rings is 5. The molecule has 0 heterocycles. The summed E-state index contributed by atoms with van der Waals surface area (Å²) >= 11 is 1.72. The molecule has 2 heteroatoms. The van der Waals surface area contributed by atoms with Gasteiger partial charge in [-0.1, -0.05) is 96.1 Å². The van der Waals surface area contributed by atoms with E-state index in [0.717, 1.165) is 0 Å². The van der Waals surface area contributed by atoms with Crippen LogP contribution in [0.4, 0.5) is 0 Å². The molecule has 178 valence electrons.